The van der Waals surface area contributed by atoms with E-state index in [4.69, 9.17) is 4.74 Å². The van der Waals surface area contributed by atoms with E-state index >= 15 is 0 Å². The minimum absolute atomic E-state index is 0.0986. The number of rotatable bonds is 7. The molecule has 3 aromatic rings. The molecule has 0 radical (unpaired) electrons. The molecule has 1 amide bonds. The molecule has 8 nitrogen and oxygen atoms in total. The Morgan fingerprint density at radius 3 is 2.64 bits per heavy atom. The lowest BCUT2D eigenvalue weighted by atomic mass is 9.92. The number of amides is 1. The van der Waals surface area contributed by atoms with E-state index in [-0.39, 0.29) is 26.8 Å². The molecule has 0 spiro atoms. The fourth-order valence-corrected chi connectivity index (χ4v) is 6.64. The predicted molar refractivity (Wildman–Crippen MR) is 118 cm³/mol. The Morgan fingerprint density at radius 1 is 1.21 bits per heavy atom. The van der Waals surface area contributed by atoms with Crippen LogP contribution in [0.1, 0.15) is 38.1 Å². The van der Waals surface area contributed by atoms with Gasteiger partial charge in [0.2, 0.25) is 0 Å². The normalized spacial score (nSPS) is 18.5. The highest BCUT2D eigenvalue weighted by molar-refractivity contribution is 7.92. The van der Waals surface area contributed by atoms with Gasteiger partial charge in [-0.05, 0) is 50.2 Å². The van der Waals surface area contributed by atoms with Crippen LogP contribution in [-0.2, 0) is 19.4 Å². The number of benzene rings is 1. The highest BCUT2D eigenvalue weighted by Crippen LogP contribution is 2.38. The summed E-state index contributed by atoms with van der Waals surface area (Å²) in [6.45, 7) is 1.16. The summed E-state index contributed by atoms with van der Waals surface area (Å²) in [5.74, 6) is -1.03. The first-order valence-electron chi connectivity index (χ1n) is 10.7. The molecule has 1 saturated heterocycles. The molecule has 3 heterocycles. The van der Waals surface area contributed by atoms with Crippen molar-refractivity contribution in [3.05, 3.63) is 35.5 Å². The van der Waals surface area contributed by atoms with Crippen LogP contribution in [0.15, 0.2) is 29.4 Å². The van der Waals surface area contributed by atoms with Crippen molar-refractivity contribution >= 4 is 43.1 Å². The van der Waals surface area contributed by atoms with Crippen LogP contribution in [0.4, 0.5) is 13.9 Å². The Morgan fingerprint density at radius 2 is 1.97 bits per heavy atom. The number of thiazole rings is 1. The van der Waals surface area contributed by atoms with E-state index in [1.54, 1.807) is 0 Å². The van der Waals surface area contributed by atoms with Gasteiger partial charge in [-0.15, -0.1) is 0 Å². The molecule has 1 atom stereocenters. The highest BCUT2D eigenvalue weighted by atomic mass is 32.2. The van der Waals surface area contributed by atoms with Crippen LogP contribution >= 0.6 is 11.3 Å². The minimum atomic E-state index is -3.68. The summed E-state index contributed by atoms with van der Waals surface area (Å²) in [6.07, 6.45) is 5.39. The molecule has 12 heteroatoms. The lowest BCUT2D eigenvalue weighted by Gasteiger charge is -2.26. The average molecular weight is 497 g/mol. The SMILES string of the molecule is O=C(Nc1ncc(F)s1)C(CC1CCOCC1)n1ncc2c(S(=O)(=O)C3CC3)cc(F)cc21. The molecule has 2 aliphatic rings. The second-order valence-corrected chi connectivity index (χ2v) is 11.6. The van der Waals surface area contributed by atoms with Crippen molar-refractivity contribution in [1.29, 1.82) is 0 Å². The number of aromatic nitrogens is 3. The number of fused-ring (bicyclic) bond motifs is 1. The number of nitrogens with one attached hydrogen (secondary N) is 1. The standard InChI is InChI=1S/C21H22F2N4O4S2/c22-13-8-16-15(18(9-13)33(29,30)14-1-2-14)10-25-27(16)17(7-12-3-5-31-6-4-12)20(28)26-21-24-11-19(23)32-21/h8-12,14,17H,1-7H2,(H,24,26,28). The molecule has 5 rings (SSSR count). The molecule has 1 aliphatic carbocycles. The summed E-state index contributed by atoms with van der Waals surface area (Å²) in [4.78, 5) is 17.0. The molecule has 1 N–H and O–H groups in total. The Labute approximate surface area is 192 Å². The van der Waals surface area contributed by atoms with Crippen LogP contribution in [0.5, 0.6) is 0 Å². The monoisotopic (exact) mass is 496 g/mol. The minimum Gasteiger partial charge on any atom is -0.381 e. The van der Waals surface area contributed by atoms with Gasteiger partial charge in [-0.2, -0.15) is 9.49 Å². The second-order valence-electron chi connectivity index (χ2n) is 8.44. The van der Waals surface area contributed by atoms with Crippen LogP contribution in [-0.4, -0.2) is 47.6 Å². The van der Waals surface area contributed by atoms with Gasteiger partial charge >= 0.3 is 0 Å². The van der Waals surface area contributed by atoms with Gasteiger partial charge in [-0.3, -0.25) is 9.48 Å². The third kappa shape index (κ3) is 4.51. The number of hydrogen-bond donors (Lipinski definition) is 1. The Hall–Kier alpha value is -2.44. The van der Waals surface area contributed by atoms with Crippen LogP contribution in [0.25, 0.3) is 10.9 Å². The molecule has 1 unspecified atom stereocenters. The topological polar surface area (TPSA) is 103 Å². The maximum Gasteiger partial charge on any atom is 0.251 e. The average Bonchev–Trinajstić information content (AvgIpc) is 3.47. The van der Waals surface area contributed by atoms with Gasteiger partial charge < -0.3 is 10.1 Å². The molecule has 1 saturated carbocycles. The highest BCUT2D eigenvalue weighted by Gasteiger charge is 2.39. The number of halogens is 2. The molecule has 2 fully saturated rings. The van der Waals surface area contributed by atoms with Crippen molar-refractivity contribution in [3.63, 3.8) is 0 Å². The Bertz CT molecular complexity index is 1300. The van der Waals surface area contributed by atoms with E-state index < -0.39 is 38.0 Å². The van der Waals surface area contributed by atoms with Crippen LogP contribution in [0, 0.1) is 16.9 Å². The van der Waals surface area contributed by atoms with Crippen molar-refractivity contribution in [3.8, 4) is 0 Å². The lowest BCUT2D eigenvalue weighted by Crippen LogP contribution is -2.30. The fourth-order valence-electron chi connectivity index (χ4n) is 4.24. The van der Waals surface area contributed by atoms with Gasteiger partial charge in [0.15, 0.2) is 20.1 Å². The van der Waals surface area contributed by atoms with Crippen LogP contribution < -0.4 is 5.32 Å². The van der Waals surface area contributed by atoms with Crippen molar-refractivity contribution in [2.45, 2.75) is 48.3 Å². The summed E-state index contributed by atoms with van der Waals surface area (Å²) < 4.78 is 60.5. The first-order valence-corrected chi connectivity index (χ1v) is 13.1. The first kappa shape index (κ1) is 22.4. The van der Waals surface area contributed by atoms with Crippen molar-refractivity contribution in [2.24, 2.45) is 5.92 Å². The first-order chi connectivity index (χ1) is 15.8. The molecule has 1 aromatic carbocycles. The summed E-state index contributed by atoms with van der Waals surface area (Å²) in [5.41, 5.74) is 0.228. The number of carbonyl (C=O) groups excluding carboxylic acids is 1. The summed E-state index contributed by atoms with van der Waals surface area (Å²) in [7, 11) is -3.68. The number of nitrogens with zero attached hydrogens (tertiary/aromatic N) is 3. The van der Waals surface area contributed by atoms with Crippen LogP contribution in [0.3, 0.4) is 0 Å². The molecule has 33 heavy (non-hydrogen) atoms. The maximum absolute atomic E-state index is 14.6. The zero-order valence-electron chi connectivity index (χ0n) is 17.5. The van der Waals surface area contributed by atoms with Gasteiger partial charge in [-0.1, -0.05) is 11.3 Å². The lowest BCUT2D eigenvalue weighted by molar-refractivity contribution is -0.120. The third-order valence-corrected chi connectivity index (χ3v) is 9.12. The van der Waals surface area contributed by atoms with Crippen molar-refractivity contribution < 1.29 is 26.7 Å². The summed E-state index contributed by atoms with van der Waals surface area (Å²) in [5, 5.41) is 6.29. The van der Waals surface area contributed by atoms with E-state index in [1.807, 2.05) is 0 Å². The quantitative estimate of drug-likeness (QED) is 0.535. The van der Waals surface area contributed by atoms with Crippen LogP contribution in [0.2, 0.25) is 0 Å². The van der Waals surface area contributed by atoms with E-state index in [0.717, 1.165) is 25.1 Å². The number of carbonyl (C=O) groups is 1. The van der Waals surface area contributed by atoms with E-state index in [9.17, 15) is 22.0 Å². The van der Waals surface area contributed by atoms with Gasteiger partial charge in [-0.25, -0.2) is 17.8 Å². The maximum atomic E-state index is 14.6. The smallest absolute Gasteiger partial charge is 0.251 e. The molecular weight excluding hydrogens is 474 g/mol. The predicted octanol–water partition coefficient (Wildman–Crippen LogP) is 3.70. The largest absolute Gasteiger partial charge is 0.381 e. The van der Waals surface area contributed by atoms with E-state index in [1.165, 1.54) is 16.9 Å². The zero-order valence-corrected chi connectivity index (χ0v) is 19.2. The molecule has 2 aromatic heterocycles. The molecule has 1 aliphatic heterocycles. The van der Waals surface area contributed by atoms with Crippen molar-refractivity contribution in [2.75, 3.05) is 18.5 Å². The molecule has 176 valence electrons. The number of ether oxygens (including phenoxy) is 1. The zero-order chi connectivity index (χ0) is 23.2. The Kier molecular flexibility index (Phi) is 5.91. The molecule has 0 bridgehead atoms. The summed E-state index contributed by atoms with van der Waals surface area (Å²) in [6, 6.07) is 1.35. The van der Waals surface area contributed by atoms with Gasteiger partial charge in [0, 0.05) is 18.6 Å². The number of hydrogen-bond acceptors (Lipinski definition) is 7. The van der Waals surface area contributed by atoms with Gasteiger partial charge in [0.1, 0.15) is 11.9 Å². The Balaban J connectivity index is 1.55. The summed E-state index contributed by atoms with van der Waals surface area (Å²) >= 11 is 0.700. The number of sulfone groups is 1. The fraction of sp³-hybridized carbons (Fsp3) is 0.476. The van der Waals surface area contributed by atoms with E-state index in [2.05, 4.69) is 15.4 Å². The van der Waals surface area contributed by atoms with E-state index in [0.29, 0.717) is 43.8 Å². The second kappa shape index (κ2) is 8.73. The number of anilines is 1. The van der Waals surface area contributed by atoms with Gasteiger partial charge in [0.05, 0.1) is 28.1 Å². The molecular formula is C21H22F2N4O4S2. The van der Waals surface area contributed by atoms with Crippen molar-refractivity contribution in [1.82, 2.24) is 14.8 Å². The van der Waals surface area contributed by atoms with Gasteiger partial charge in [0.25, 0.3) is 5.91 Å². The third-order valence-electron chi connectivity index (χ3n) is 6.12.